The molecule has 0 heterocycles. The molecular formula is C15H29N3O3S. The van der Waals surface area contributed by atoms with Crippen LogP contribution in [0.5, 0.6) is 0 Å². The Balaban J connectivity index is 3.97. The van der Waals surface area contributed by atoms with Gasteiger partial charge in [-0.25, -0.2) is 4.79 Å². The number of amidine groups is 1. The van der Waals surface area contributed by atoms with Crippen LogP contribution in [0.15, 0.2) is 4.99 Å². The lowest BCUT2D eigenvalue weighted by Gasteiger charge is -2.19. The van der Waals surface area contributed by atoms with Gasteiger partial charge in [0.1, 0.15) is 11.4 Å². The third kappa shape index (κ3) is 11.4. The molecule has 6 nitrogen and oxygen atoms in total. The van der Waals surface area contributed by atoms with Gasteiger partial charge >= 0.3 is 6.09 Å². The minimum absolute atomic E-state index is 0.0921. The first-order chi connectivity index (χ1) is 10.2. The van der Waals surface area contributed by atoms with E-state index in [2.05, 4.69) is 17.2 Å². The van der Waals surface area contributed by atoms with E-state index in [-0.39, 0.29) is 5.24 Å². The van der Waals surface area contributed by atoms with Crippen LogP contribution in [0.25, 0.3) is 0 Å². The van der Waals surface area contributed by atoms with Crippen molar-refractivity contribution < 1.29 is 14.3 Å². The van der Waals surface area contributed by atoms with Crippen LogP contribution < -0.4 is 5.32 Å². The zero-order chi connectivity index (χ0) is 17.2. The van der Waals surface area contributed by atoms with Crippen molar-refractivity contribution in [3.63, 3.8) is 0 Å². The zero-order valence-electron chi connectivity index (χ0n) is 14.6. The van der Waals surface area contributed by atoms with E-state index in [0.29, 0.717) is 18.9 Å². The number of nitrogens with zero attached hydrogens (tertiary/aromatic N) is 2. The van der Waals surface area contributed by atoms with Gasteiger partial charge in [-0.1, -0.05) is 18.7 Å². The quantitative estimate of drug-likeness (QED) is 0.459. The number of rotatable bonds is 6. The Labute approximate surface area is 138 Å². The van der Waals surface area contributed by atoms with Crippen LogP contribution in [-0.2, 0) is 4.74 Å². The molecule has 22 heavy (non-hydrogen) atoms. The van der Waals surface area contributed by atoms with E-state index in [4.69, 9.17) is 4.74 Å². The number of ether oxygens (including phenoxy) is 1. The fourth-order valence-electron chi connectivity index (χ4n) is 1.44. The number of thioether (sulfide) groups is 1. The van der Waals surface area contributed by atoms with E-state index in [1.54, 1.807) is 18.9 Å². The third-order valence-electron chi connectivity index (χ3n) is 2.42. The fourth-order valence-corrected chi connectivity index (χ4v) is 2.13. The Hall–Kier alpha value is -1.24. The first-order valence-electron chi connectivity index (χ1n) is 7.54. The van der Waals surface area contributed by atoms with Crippen molar-refractivity contribution in [2.24, 2.45) is 4.99 Å². The molecule has 0 saturated carbocycles. The minimum Gasteiger partial charge on any atom is -0.444 e. The lowest BCUT2D eigenvalue weighted by Crippen LogP contribution is -2.35. The normalized spacial score (nSPS) is 12.0. The molecule has 0 saturated heterocycles. The van der Waals surface area contributed by atoms with Gasteiger partial charge in [-0.15, -0.1) is 0 Å². The molecule has 0 aliphatic carbocycles. The first kappa shape index (κ1) is 20.8. The summed E-state index contributed by atoms with van der Waals surface area (Å²) >= 11 is 1.34. The molecule has 0 aliphatic rings. The van der Waals surface area contributed by atoms with Crippen molar-refractivity contribution in [2.75, 3.05) is 25.9 Å². The number of hydrogen-bond donors (Lipinski definition) is 1. The average Bonchev–Trinajstić information content (AvgIpc) is 2.38. The summed E-state index contributed by atoms with van der Waals surface area (Å²) in [4.78, 5) is 29.2. The van der Waals surface area contributed by atoms with Gasteiger partial charge in [0.2, 0.25) is 0 Å². The fraction of sp³-hybridized carbons (Fsp3) is 0.800. The summed E-state index contributed by atoms with van der Waals surface area (Å²) in [7, 11) is 1.79. The second-order valence-corrected chi connectivity index (χ2v) is 7.03. The van der Waals surface area contributed by atoms with Crippen LogP contribution in [0, 0.1) is 0 Å². The molecule has 0 aromatic rings. The van der Waals surface area contributed by atoms with Gasteiger partial charge in [-0.05, 0) is 40.5 Å². The number of alkyl carbamates (subject to hydrolysis) is 1. The molecule has 128 valence electrons. The molecule has 0 aliphatic heterocycles. The largest absolute Gasteiger partial charge is 0.444 e. The molecule has 0 rings (SSSR count). The molecule has 2 amide bonds. The van der Waals surface area contributed by atoms with Crippen LogP contribution in [0.3, 0.4) is 0 Å². The van der Waals surface area contributed by atoms with E-state index in [9.17, 15) is 9.59 Å². The topological polar surface area (TPSA) is 71.0 Å². The predicted octanol–water partition coefficient (Wildman–Crippen LogP) is 3.51. The number of hydrogen-bond acceptors (Lipinski definition) is 5. The lowest BCUT2D eigenvalue weighted by atomic mass is 10.2. The van der Waals surface area contributed by atoms with E-state index >= 15 is 0 Å². The molecule has 0 atom stereocenters. The van der Waals surface area contributed by atoms with Gasteiger partial charge in [0.25, 0.3) is 5.24 Å². The minimum atomic E-state index is -0.524. The van der Waals surface area contributed by atoms with Gasteiger partial charge in [0.15, 0.2) is 0 Å². The summed E-state index contributed by atoms with van der Waals surface area (Å²) < 4.78 is 5.14. The standard InChI is InChI=1S/C15H29N3O3S/c1-7-11-22-14(20)18(6)10-8-9-16-12(2)17-13(19)21-15(3,4)5/h7-11H2,1-6H3,(H,16,17,19). The summed E-state index contributed by atoms with van der Waals surface area (Å²) in [6, 6.07) is 0. The summed E-state index contributed by atoms with van der Waals surface area (Å²) in [5.74, 6) is 1.36. The van der Waals surface area contributed by atoms with Crippen molar-refractivity contribution >= 4 is 28.9 Å². The molecule has 0 fully saturated rings. The molecular weight excluding hydrogens is 302 g/mol. The van der Waals surface area contributed by atoms with Crippen molar-refractivity contribution in [1.29, 1.82) is 0 Å². The third-order valence-corrected chi connectivity index (χ3v) is 3.59. The molecule has 0 aromatic heterocycles. The van der Waals surface area contributed by atoms with Gasteiger partial charge in [-0.3, -0.25) is 15.1 Å². The molecule has 0 unspecified atom stereocenters. The first-order valence-corrected chi connectivity index (χ1v) is 8.53. The Morgan fingerprint density at radius 1 is 1.32 bits per heavy atom. The maximum Gasteiger partial charge on any atom is 0.413 e. The van der Waals surface area contributed by atoms with Crippen molar-refractivity contribution in [2.45, 2.75) is 53.1 Å². The number of carbonyl (C=O) groups excluding carboxylic acids is 2. The SMILES string of the molecule is CCCSC(=O)N(C)CCCN=C(C)NC(=O)OC(C)(C)C. The van der Waals surface area contributed by atoms with Crippen molar-refractivity contribution in [3.8, 4) is 0 Å². The van der Waals surface area contributed by atoms with E-state index in [1.807, 2.05) is 20.8 Å². The average molecular weight is 331 g/mol. The van der Waals surface area contributed by atoms with E-state index < -0.39 is 11.7 Å². The van der Waals surface area contributed by atoms with Gasteiger partial charge in [0.05, 0.1) is 0 Å². The van der Waals surface area contributed by atoms with Crippen molar-refractivity contribution in [3.05, 3.63) is 0 Å². The zero-order valence-corrected chi connectivity index (χ0v) is 15.4. The maximum atomic E-state index is 11.7. The van der Waals surface area contributed by atoms with Gasteiger partial charge in [-0.2, -0.15) is 0 Å². The molecule has 0 bridgehead atoms. The lowest BCUT2D eigenvalue weighted by molar-refractivity contribution is 0.0563. The monoisotopic (exact) mass is 331 g/mol. The Bertz CT molecular complexity index is 392. The molecule has 0 radical (unpaired) electrons. The summed E-state index contributed by atoms with van der Waals surface area (Å²) in [6.07, 6.45) is 1.24. The van der Waals surface area contributed by atoms with Gasteiger partial charge < -0.3 is 9.64 Å². The summed E-state index contributed by atoms with van der Waals surface area (Å²) in [6.45, 7) is 10.4. The highest BCUT2D eigenvalue weighted by Crippen LogP contribution is 2.09. The van der Waals surface area contributed by atoms with Gasteiger partial charge in [0, 0.05) is 25.9 Å². The smallest absolute Gasteiger partial charge is 0.413 e. The van der Waals surface area contributed by atoms with Crippen LogP contribution in [0.2, 0.25) is 0 Å². The van der Waals surface area contributed by atoms with Crippen molar-refractivity contribution in [1.82, 2.24) is 10.2 Å². The number of aliphatic imine (C=N–C) groups is 1. The maximum absolute atomic E-state index is 11.7. The summed E-state index contributed by atoms with van der Waals surface area (Å²) in [5.41, 5.74) is -0.524. The Morgan fingerprint density at radius 3 is 2.50 bits per heavy atom. The van der Waals surface area contributed by atoms with Crippen LogP contribution in [-0.4, -0.2) is 53.6 Å². The molecule has 0 aromatic carbocycles. The molecule has 0 spiro atoms. The summed E-state index contributed by atoms with van der Waals surface area (Å²) in [5, 5.41) is 2.67. The van der Waals surface area contributed by atoms with E-state index in [0.717, 1.165) is 18.6 Å². The molecule has 7 heteroatoms. The highest BCUT2D eigenvalue weighted by molar-refractivity contribution is 8.13. The molecule has 1 N–H and O–H groups in total. The number of nitrogens with one attached hydrogen (secondary N) is 1. The van der Waals surface area contributed by atoms with E-state index in [1.165, 1.54) is 11.8 Å². The Morgan fingerprint density at radius 2 is 1.95 bits per heavy atom. The number of amides is 2. The predicted molar refractivity (Wildman–Crippen MR) is 92.7 cm³/mol. The highest BCUT2D eigenvalue weighted by atomic mass is 32.2. The van der Waals surface area contributed by atoms with Crippen LogP contribution >= 0.6 is 11.8 Å². The highest BCUT2D eigenvalue weighted by Gasteiger charge is 2.16. The second-order valence-electron chi connectivity index (χ2n) is 5.98. The Kier molecular flexibility index (Phi) is 9.89. The van der Waals surface area contributed by atoms with Crippen LogP contribution in [0.4, 0.5) is 9.59 Å². The number of carbonyl (C=O) groups is 2. The van der Waals surface area contributed by atoms with Crippen LogP contribution in [0.1, 0.15) is 47.5 Å². The second kappa shape index (κ2) is 10.5.